The number of hydrogen-bond acceptors (Lipinski definition) is 6. The lowest BCUT2D eigenvalue weighted by Crippen LogP contribution is -2.57. The van der Waals surface area contributed by atoms with E-state index in [4.69, 9.17) is 5.26 Å². The fourth-order valence-electron chi connectivity index (χ4n) is 2.27. The van der Waals surface area contributed by atoms with Crippen molar-refractivity contribution < 1.29 is 4.92 Å². The zero-order chi connectivity index (χ0) is 14.0. The second-order valence-electron chi connectivity index (χ2n) is 5.13. The lowest BCUT2D eigenvalue weighted by atomic mass is 10.0. The van der Waals surface area contributed by atoms with E-state index < -0.39 is 4.92 Å². The van der Waals surface area contributed by atoms with Crippen molar-refractivity contribution in [1.82, 2.24) is 10.3 Å². The molecule has 7 nitrogen and oxygen atoms in total. The average molecular weight is 261 g/mol. The van der Waals surface area contributed by atoms with Crippen molar-refractivity contribution in [2.45, 2.75) is 19.4 Å². The van der Waals surface area contributed by atoms with E-state index in [-0.39, 0.29) is 22.6 Å². The molecule has 0 atom stereocenters. The van der Waals surface area contributed by atoms with E-state index in [0.29, 0.717) is 13.1 Å². The highest BCUT2D eigenvalue weighted by Crippen LogP contribution is 2.30. The molecule has 7 heteroatoms. The molecule has 2 heterocycles. The first-order valence-electron chi connectivity index (χ1n) is 5.98. The number of rotatable bonds is 2. The predicted molar refractivity (Wildman–Crippen MR) is 69.9 cm³/mol. The third kappa shape index (κ3) is 2.63. The fourth-order valence-corrected chi connectivity index (χ4v) is 2.27. The van der Waals surface area contributed by atoms with Crippen LogP contribution in [0.15, 0.2) is 12.3 Å². The standard InChI is InChI=1S/C12H15N5O2/c1-12(2)8-16(6-5-15-12)11-10(17(18)19)9(7-13)3-4-14-11/h3-4,15H,5-6,8H2,1-2H3. The maximum Gasteiger partial charge on any atom is 0.329 e. The Morgan fingerprint density at radius 3 is 2.95 bits per heavy atom. The van der Waals surface area contributed by atoms with Crippen molar-refractivity contribution in [3.05, 3.63) is 27.9 Å². The third-order valence-corrected chi connectivity index (χ3v) is 3.08. The number of nitrogens with one attached hydrogen (secondary N) is 1. The van der Waals surface area contributed by atoms with Crippen LogP contribution in [-0.2, 0) is 0 Å². The third-order valence-electron chi connectivity index (χ3n) is 3.08. The highest BCUT2D eigenvalue weighted by Gasteiger charge is 2.32. The summed E-state index contributed by atoms with van der Waals surface area (Å²) in [5.74, 6) is 0.277. The molecule has 0 radical (unpaired) electrons. The molecule has 1 aromatic heterocycles. The molecular formula is C12H15N5O2. The smallest absolute Gasteiger partial charge is 0.329 e. The number of aromatic nitrogens is 1. The predicted octanol–water partition coefficient (Wildman–Crippen LogP) is 1.05. The Balaban J connectivity index is 2.45. The molecule has 1 N–H and O–H groups in total. The van der Waals surface area contributed by atoms with Crippen molar-refractivity contribution in [2.75, 3.05) is 24.5 Å². The summed E-state index contributed by atoms with van der Waals surface area (Å²) in [5, 5.41) is 23.5. The van der Waals surface area contributed by atoms with Crippen molar-refractivity contribution in [1.29, 1.82) is 5.26 Å². The van der Waals surface area contributed by atoms with Crippen LogP contribution in [0.5, 0.6) is 0 Å². The largest absolute Gasteiger partial charge is 0.348 e. The molecule has 0 aromatic carbocycles. The van der Waals surface area contributed by atoms with Crippen LogP contribution in [0.3, 0.4) is 0 Å². The van der Waals surface area contributed by atoms with Gasteiger partial charge in [0.25, 0.3) is 0 Å². The van der Waals surface area contributed by atoms with Gasteiger partial charge in [0.05, 0.1) is 4.92 Å². The zero-order valence-corrected chi connectivity index (χ0v) is 10.9. The number of piperazine rings is 1. The number of hydrogen-bond donors (Lipinski definition) is 1. The van der Waals surface area contributed by atoms with E-state index in [2.05, 4.69) is 10.3 Å². The van der Waals surface area contributed by atoms with Gasteiger partial charge in [0, 0.05) is 31.4 Å². The monoisotopic (exact) mass is 261 g/mol. The summed E-state index contributed by atoms with van der Waals surface area (Å²) in [5.41, 5.74) is -0.301. The maximum absolute atomic E-state index is 11.2. The second-order valence-corrected chi connectivity index (χ2v) is 5.13. The van der Waals surface area contributed by atoms with Gasteiger partial charge < -0.3 is 10.2 Å². The minimum atomic E-state index is -0.532. The van der Waals surface area contributed by atoms with E-state index in [1.807, 2.05) is 24.8 Å². The van der Waals surface area contributed by atoms with Gasteiger partial charge in [-0.3, -0.25) is 10.1 Å². The Labute approximate surface area is 111 Å². The SMILES string of the molecule is CC1(C)CN(c2nccc(C#N)c2[N+](=O)[O-])CCN1. The lowest BCUT2D eigenvalue weighted by molar-refractivity contribution is -0.384. The van der Waals surface area contributed by atoms with Crippen LogP contribution in [0.25, 0.3) is 0 Å². The van der Waals surface area contributed by atoms with Gasteiger partial charge in [-0.1, -0.05) is 0 Å². The highest BCUT2D eigenvalue weighted by atomic mass is 16.6. The molecule has 2 rings (SSSR count). The molecule has 19 heavy (non-hydrogen) atoms. The van der Waals surface area contributed by atoms with Crippen LogP contribution in [0.1, 0.15) is 19.4 Å². The van der Waals surface area contributed by atoms with Gasteiger partial charge in [0.2, 0.25) is 5.82 Å². The minimum Gasteiger partial charge on any atom is -0.348 e. The van der Waals surface area contributed by atoms with Crippen LogP contribution in [0.4, 0.5) is 11.5 Å². The molecule has 1 aromatic rings. The molecule has 0 spiro atoms. The zero-order valence-electron chi connectivity index (χ0n) is 10.9. The van der Waals surface area contributed by atoms with Crippen molar-refractivity contribution in [3.8, 4) is 6.07 Å². The first kappa shape index (κ1) is 13.2. The van der Waals surface area contributed by atoms with Gasteiger partial charge in [-0.25, -0.2) is 4.98 Å². The van der Waals surface area contributed by atoms with Gasteiger partial charge in [0.15, 0.2) is 0 Å². The lowest BCUT2D eigenvalue weighted by Gasteiger charge is -2.39. The summed E-state index contributed by atoms with van der Waals surface area (Å²) in [7, 11) is 0. The molecule has 1 fully saturated rings. The van der Waals surface area contributed by atoms with Crippen LogP contribution in [-0.4, -0.2) is 35.1 Å². The molecule has 100 valence electrons. The van der Waals surface area contributed by atoms with Crippen LogP contribution in [0.2, 0.25) is 0 Å². The first-order valence-corrected chi connectivity index (χ1v) is 5.98. The van der Waals surface area contributed by atoms with Gasteiger partial charge >= 0.3 is 5.69 Å². The Kier molecular flexibility index (Phi) is 3.36. The topological polar surface area (TPSA) is 95.1 Å². The summed E-state index contributed by atoms with van der Waals surface area (Å²) in [4.78, 5) is 16.6. The Morgan fingerprint density at radius 1 is 1.63 bits per heavy atom. The van der Waals surface area contributed by atoms with Gasteiger partial charge in [-0.15, -0.1) is 0 Å². The Hall–Kier alpha value is -2.20. The van der Waals surface area contributed by atoms with Crippen molar-refractivity contribution in [3.63, 3.8) is 0 Å². The van der Waals surface area contributed by atoms with Crippen LogP contribution < -0.4 is 10.2 Å². The number of pyridine rings is 1. The van der Waals surface area contributed by atoms with E-state index in [0.717, 1.165) is 6.54 Å². The summed E-state index contributed by atoms with van der Waals surface area (Å²) >= 11 is 0. The normalized spacial score (nSPS) is 17.8. The summed E-state index contributed by atoms with van der Waals surface area (Å²) in [6.07, 6.45) is 1.44. The molecule has 1 aliphatic rings. The van der Waals surface area contributed by atoms with Crippen molar-refractivity contribution in [2.24, 2.45) is 0 Å². The molecule has 1 aliphatic heterocycles. The van der Waals surface area contributed by atoms with Crippen LogP contribution >= 0.6 is 0 Å². The van der Waals surface area contributed by atoms with Crippen molar-refractivity contribution >= 4 is 11.5 Å². The number of anilines is 1. The van der Waals surface area contributed by atoms with E-state index in [1.54, 1.807) is 0 Å². The molecule has 1 saturated heterocycles. The molecule has 0 amide bonds. The van der Waals surface area contributed by atoms with E-state index in [9.17, 15) is 10.1 Å². The fraction of sp³-hybridized carbons (Fsp3) is 0.500. The molecule has 0 unspecified atom stereocenters. The molecule has 0 saturated carbocycles. The highest BCUT2D eigenvalue weighted by molar-refractivity contribution is 5.65. The van der Waals surface area contributed by atoms with E-state index in [1.165, 1.54) is 12.3 Å². The Bertz CT molecular complexity index is 550. The molecular weight excluding hydrogens is 246 g/mol. The first-order chi connectivity index (χ1) is 8.94. The number of nitriles is 1. The number of nitro groups is 1. The summed E-state index contributed by atoms with van der Waals surface area (Å²) in [6.45, 7) is 6.02. The minimum absolute atomic E-state index is 0.0475. The Morgan fingerprint density at radius 2 is 2.37 bits per heavy atom. The average Bonchev–Trinajstić information content (AvgIpc) is 2.36. The second kappa shape index (κ2) is 4.82. The van der Waals surface area contributed by atoms with Gasteiger partial charge in [0.1, 0.15) is 11.6 Å². The quantitative estimate of drug-likeness (QED) is 0.631. The summed E-state index contributed by atoms with van der Waals surface area (Å²) in [6, 6.07) is 3.22. The summed E-state index contributed by atoms with van der Waals surface area (Å²) < 4.78 is 0. The number of nitrogens with zero attached hydrogens (tertiary/aromatic N) is 4. The van der Waals surface area contributed by atoms with Gasteiger partial charge in [-0.05, 0) is 19.9 Å². The molecule has 0 aliphatic carbocycles. The maximum atomic E-state index is 11.2. The molecule has 0 bridgehead atoms. The van der Waals surface area contributed by atoms with Gasteiger partial charge in [-0.2, -0.15) is 5.26 Å². The van der Waals surface area contributed by atoms with E-state index >= 15 is 0 Å². The van der Waals surface area contributed by atoms with Crippen LogP contribution in [0, 0.1) is 21.4 Å².